The number of rotatable bonds is 7. The van der Waals surface area contributed by atoms with Crippen LogP contribution < -0.4 is 5.30 Å². The summed E-state index contributed by atoms with van der Waals surface area (Å²) in [5.74, 6) is -0.168. The summed E-state index contributed by atoms with van der Waals surface area (Å²) < 4.78 is 13.4. The van der Waals surface area contributed by atoms with E-state index < -0.39 is 13.3 Å². The Morgan fingerprint density at radius 3 is 1.87 bits per heavy atom. The first-order chi connectivity index (χ1) is 14.8. The van der Waals surface area contributed by atoms with Gasteiger partial charge in [0.1, 0.15) is 0 Å². The highest BCUT2D eigenvalue weighted by molar-refractivity contribution is 7.71. The highest BCUT2D eigenvalue weighted by Crippen LogP contribution is 2.32. The number of benzene rings is 3. The van der Waals surface area contributed by atoms with E-state index >= 15 is 0 Å². The van der Waals surface area contributed by atoms with Crippen molar-refractivity contribution >= 4 is 24.4 Å². The average molecular weight is 431 g/mol. The number of hydrogen-bond acceptors (Lipinski definition) is 3. The van der Waals surface area contributed by atoms with Crippen LogP contribution >= 0.6 is 7.80 Å². The number of carbonyl (C=O) groups excluding carboxylic acids is 2. The Bertz CT molecular complexity index is 1150. The molecule has 0 fully saturated rings. The van der Waals surface area contributed by atoms with Gasteiger partial charge in [0.2, 0.25) is 5.52 Å². The first-order valence-corrected chi connectivity index (χ1v) is 11.9. The van der Waals surface area contributed by atoms with Gasteiger partial charge in [-0.2, -0.15) is 0 Å². The molecule has 0 N–H and O–H groups in total. The third-order valence-corrected chi connectivity index (χ3v) is 7.09. The molecule has 3 aromatic rings. The number of hydrogen-bond donors (Lipinski definition) is 0. The third-order valence-electron chi connectivity index (χ3n) is 5.67. The van der Waals surface area contributed by atoms with E-state index in [1.165, 1.54) is 0 Å². The maximum absolute atomic E-state index is 13.6. The maximum Gasteiger partial charge on any atom is 0.247 e. The second-order valence-electron chi connectivity index (χ2n) is 7.88. The molecule has 3 aromatic carbocycles. The highest BCUT2D eigenvalue weighted by atomic mass is 31.1. The summed E-state index contributed by atoms with van der Waals surface area (Å²) in [4.78, 5) is 26.9. The average Bonchev–Trinajstić information content (AvgIpc) is 2.76. The standard InChI is InChI=1S/C27H28O3P/c1-6-20-11-10-12-21(7-2)25(20)26(28)22-13-8-9-14-23(22)31(30)27(29)24-18(4)15-17(3)16-19(24)5/h8-16H,6-7H2,1-5H3. The molecule has 0 aliphatic heterocycles. The summed E-state index contributed by atoms with van der Waals surface area (Å²) in [6, 6.07) is 16.5. The lowest BCUT2D eigenvalue weighted by atomic mass is 9.91. The Labute approximate surface area is 185 Å². The fraction of sp³-hybridized carbons (Fsp3) is 0.259. The Kier molecular flexibility index (Phi) is 6.97. The van der Waals surface area contributed by atoms with Gasteiger partial charge in [-0.05, 0) is 68.0 Å². The quantitative estimate of drug-likeness (QED) is 0.328. The summed E-state index contributed by atoms with van der Waals surface area (Å²) in [5, 5.41) is 0.305. The molecule has 1 unspecified atom stereocenters. The summed E-state index contributed by atoms with van der Waals surface area (Å²) in [6.45, 7) is 9.73. The van der Waals surface area contributed by atoms with Crippen molar-refractivity contribution in [1.29, 1.82) is 0 Å². The van der Waals surface area contributed by atoms with Gasteiger partial charge in [0.05, 0.1) is 5.30 Å². The predicted molar refractivity (Wildman–Crippen MR) is 127 cm³/mol. The van der Waals surface area contributed by atoms with Crippen molar-refractivity contribution in [3.05, 3.63) is 99.1 Å². The molecule has 159 valence electrons. The van der Waals surface area contributed by atoms with Crippen LogP contribution in [0.2, 0.25) is 0 Å². The molecule has 3 rings (SSSR count). The van der Waals surface area contributed by atoms with Gasteiger partial charge in [0.15, 0.2) is 13.6 Å². The molecule has 0 saturated carbocycles. The van der Waals surface area contributed by atoms with E-state index in [0.717, 1.165) is 40.7 Å². The molecule has 31 heavy (non-hydrogen) atoms. The van der Waals surface area contributed by atoms with Gasteiger partial charge >= 0.3 is 0 Å². The van der Waals surface area contributed by atoms with Crippen LogP contribution in [-0.2, 0) is 17.4 Å². The highest BCUT2D eigenvalue weighted by Gasteiger charge is 2.27. The van der Waals surface area contributed by atoms with Crippen molar-refractivity contribution < 1.29 is 14.2 Å². The zero-order valence-corrected chi connectivity index (χ0v) is 19.7. The lowest BCUT2D eigenvalue weighted by molar-refractivity contribution is 0.103. The molecule has 3 nitrogen and oxygen atoms in total. The van der Waals surface area contributed by atoms with Gasteiger partial charge in [-0.3, -0.25) is 14.2 Å². The van der Waals surface area contributed by atoms with Crippen LogP contribution in [0.5, 0.6) is 0 Å². The van der Waals surface area contributed by atoms with Crippen molar-refractivity contribution in [3.63, 3.8) is 0 Å². The van der Waals surface area contributed by atoms with E-state index in [1.54, 1.807) is 24.3 Å². The van der Waals surface area contributed by atoms with Crippen molar-refractivity contribution in [3.8, 4) is 0 Å². The zero-order valence-electron chi connectivity index (χ0n) is 18.8. The summed E-state index contributed by atoms with van der Waals surface area (Å²) in [6.07, 6.45) is 1.45. The minimum Gasteiger partial charge on any atom is -0.289 e. The Hall–Kier alpha value is -2.90. The summed E-state index contributed by atoms with van der Waals surface area (Å²) >= 11 is 0. The minimum atomic E-state index is -2.44. The number of ketones is 1. The molecule has 0 aliphatic rings. The molecule has 0 spiro atoms. The van der Waals surface area contributed by atoms with Crippen LogP contribution in [0, 0.1) is 20.8 Å². The topological polar surface area (TPSA) is 51.2 Å². The van der Waals surface area contributed by atoms with E-state index in [4.69, 9.17) is 0 Å². The van der Waals surface area contributed by atoms with Crippen molar-refractivity contribution in [2.24, 2.45) is 0 Å². The Balaban J connectivity index is 2.11. The molecule has 1 atom stereocenters. The second-order valence-corrected chi connectivity index (χ2v) is 9.35. The van der Waals surface area contributed by atoms with Crippen LogP contribution in [0.15, 0.2) is 54.6 Å². The lowest BCUT2D eigenvalue weighted by Gasteiger charge is -2.15. The normalized spacial score (nSPS) is 11.3. The molecule has 0 aliphatic carbocycles. The van der Waals surface area contributed by atoms with E-state index in [2.05, 4.69) is 0 Å². The molecular weight excluding hydrogens is 403 g/mol. The van der Waals surface area contributed by atoms with Crippen LogP contribution in [-0.4, -0.2) is 11.3 Å². The molecule has 0 aromatic heterocycles. The fourth-order valence-electron chi connectivity index (χ4n) is 4.24. The molecule has 0 heterocycles. The molecule has 1 radical (unpaired) electrons. The van der Waals surface area contributed by atoms with Gasteiger partial charge in [-0.25, -0.2) is 0 Å². The van der Waals surface area contributed by atoms with E-state index in [1.807, 2.05) is 65.0 Å². The lowest BCUT2D eigenvalue weighted by Crippen LogP contribution is -2.18. The van der Waals surface area contributed by atoms with Crippen molar-refractivity contribution in [1.82, 2.24) is 0 Å². The van der Waals surface area contributed by atoms with E-state index in [0.29, 0.717) is 22.0 Å². The first-order valence-electron chi connectivity index (χ1n) is 10.6. The molecule has 4 heteroatoms. The van der Waals surface area contributed by atoms with E-state index in [-0.39, 0.29) is 5.78 Å². The van der Waals surface area contributed by atoms with Crippen LogP contribution in [0.1, 0.15) is 67.9 Å². The monoisotopic (exact) mass is 431 g/mol. The van der Waals surface area contributed by atoms with Gasteiger partial charge in [-0.1, -0.05) is 61.9 Å². The SMILES string of the molecule is CCc1cccc(CC)c1C(=O)c1ccccc1[P](=O)C(=O)c1c(C)cc(C)cc1C. The molecular formula is C27H28O3P. The first kappa shape index (κ1) is 22.8. The van der Waals surface area contributed by atoms with Crippen molar-refractivity contribution in [2.45, 2.75) is 47.5 Å². The summed E-state index contributed by atoms with van der Waals surface area (Å²) in [7, 11) is -2.44. The fourth-order valence-corrected chi connectivity index (χ4v) is 5.63. The molecule has 0 amide bonds. The van der Waals surface area contributed by atoms with Gasteiger partial charge in [-0.15, -0.1) is 0 Å². The minimum absolute atomic E-state index is 0.168. The predicted octanol–water partition coefficient (Wildman–Crippen LogP) is 6.26. The smallest absolute Gasteiger partial charge is 0.247 e. The maximum atomic E-state index is 13.6. The van der Waals surface area contributed by atoms with Gasteiger partial charge in [0, 0.05) is 16.7 Å². The zero-order chi connectivity index (χ0) is 22.7. The Morgan fingerprint density at radius 2 is 1.32 bits per heavy atom. The third kappa shape index (κ3) is 4.43. The number of carbonyl (C=O) groups is 2. The van der Waals surface area contributed by atoms with Crippen LogP contribution in [0.3, 0.4) is 0 Å². The summed E-state index contributed by atoms with van der Waals surface area (Å²) in [5.41, 5.74) is 5.66. The second kappa shape index (κ2) is 9.49. The number of aryl methyl sites for hydroxylation is 5. The van der Waals surface area contributed by atoms with Crippen LogP contribution in [0.4, 0.5) is 0 Å². The largest absolute Gasteiger partial charge is 0.289 e. The van der Waals surface area contributed by atoms with Crippen LogP contribution in [0.25, 0.3) is 0 Å². The molecule has 0 bridgehead atoms. The van der Waals surface area contributed by atoms with Gasteiger partial charge < -0.3 is 0 Å². The van der Waals surface area contributed by atoms with E-state index in [9.17, 15) is 14.2 Å². The van der Waals surface area contributed by atoms with Gasteiger partial charge in [0.25, 0.3) is 0 Å². The van der Waals surface area contributed by atoms with Crippen molar-refractivity contribution in [2.75, 3.05) is 0 Å². The molecule has 0 saturated heterocycles. The Morgan fingerprint density at radius 1 is 0.774 bits per heavy atom.